The monoisotopic (exact) mass is 656 g/mol. The Morgan fingerprint density at radius 2 is 1.11 bits per heavy atom. The quantitative estimate of drug-likeness (QED) is 0.157. The first-order chi connectivity index (χ1) is 17.3. The van der Waals surface area contributed by atoms with Crippen LogP contribution in [-0.4, -0.2) is 57.9 Å². The standard InChI is InChI=1S/C20H12N6O6S2Se2/c27-17(23-19-21-9-15(33-19)25(29)30)11-5-1-3-7-13(11)35-36-14-8-4-2-6-12(14)18(28)24-20-22-10-16(34-20)26(31)32/h1-10H,(H,21,23,27)(H,22,24,28). The first-order valence-electron chi connectivity index (χ1n) is 9.67. The summed E-state index contributed by atoms with van der Waals surface area (Å²) in [5.74, 6) is -0.854. The van der Waals surface area contributed by atoms with Crippen molar-refractivity contribution in [3.05, 3.63) is 92.3 Å². The molecule has 0 bridgehead atoms. The van der Waals surface area contributed by atoms with Gasteiger partial charge in [-0.3, -0.25) is 0 Å². The Balaban J connectivity index is 1.47. The van der Waals surface area contributed by atoms with Crippen molar-refractivity contribution in [1.82, 2.24) is 9.97 Å². The van der Waals surface area contributed by atoms with E-state index in [4.69, 9.17) is 0 Å². The van der Waals surface area contributed by atoms with Gasteiger partial charge in [0.1, 0.15) is 0 Å². The second-order valence-corrected chi connectivity index (χ2v) is 14.8. The summed E-state index contributed by atoms with van der Waals surface area (Å²) in [6.07, 6.45) is 2.18. The van der Waals surface area contributed by atoms with E-state index >= 15 is 0 Å². The number of carbonyl (C=O) groups excluding carboxylic acids is 2. The predicted octanol–water partition coefficient (Wildman–Crippen LogP) is 2.19. The summed E-state index contributed by atoms with van der Waals surface area (Å²) < 4.78 is 1.61. The Bertz CT molecular complexity index is 1370. The zero-order chi connectivity index (χ0) is 25.7. The number of nitro groups is 2. The Kier molecular flexibility index (Phi) is 8.15. The van der Waals surface area contributed by atoms with Crippen LogP contribution in [0.15, 0.2) is 60.9 Å². The fourth-order valence-electron chi connectivity index (χ4n) is 2.69. The van der Waals surface area contributed by atoms with E-state index in [1.807, 2.05) is 24.3 Å². The summed E-state index contributed by atoms with van der Waals surface area (Å²) >= 11 is 1.16. The normalized spacial score (nSPS) is 10.6. The molecule has 4 rings (SSSR count). The van der Waals surface area contributed by atoms with Crippen LogP contribution in [0.1, 0.15) is 20.7 Å². The molecule has 0 fully saturated rings. The molecule has 0 atom stereocenters. The fraction of sp³-hybridized carbons (Fsp3) is 0. The number of nitrogens with one attached hydrogen (secondary N) is 2. The Morgan fingerprint density at radius 3 is 1.47 bits per heavy atom. The van der Waals surface area contributed by atoms with E-state index in [9.17, 15) is 29.8 Å². The van der Waals surface area contributed by atoms with E-state index in [2.05, 4.69) is 20.6 Å². The van der Waals surface area contributed by atoms with Crippen molar-refractivity contribution in [2.75, 3.05) is 10.6 Å². The average Bonchev–Trinajstić information content (AvgIpc) is 3.53. The van der Waals surface area contributed by atoms with Crippen LogP contribution in [0, 0.1) is 20.2 Å². The van der Waals surface area contributed by atoms with Crippen LogP contribution in [0.5, 0.6) is 0 Å². The van der Waals surface area contributed by atoms with E-state index in [1.165, 1.54) is 0 Å². The first kappa shape index (κ1) is 25.6. The number of rotatable bonds is 9. The van der Waals surface area contributed by atoms with Crippen LogP contribution in [0.25, 0.3) is 0 Å². The van der Waals surface area contributed by atoms with Gasteiger partial charge in [-0.15, -0.1) is 0 Å². The molecule has 2 N–H and O–H groups in total. The third kappa shape index (κ3) is 6.18. The molecule has 0 radical (unpaired) electrons. The van der Waals surface area contributed by atoms with E-state index < -0.39 is 21.7 Å². The van der Waals surface area contributed by atoms with Crippen LogP contribution in [-0.2, 0) is 0 Å². The molecule has 0 saturated carbocycles. The number of carbonyl (C=O) groups is 2. The zero-order valence-corrected chi connectivity index (χ0v) is 22.7. The van der Waals surface area contributed by atoms with Gasteiger partial charge in [0.25, 0.3) is 0 Å². The minimum atomic E-state index is -0.573. The SMILES string of the molecule is O=C(Nc1ncc([N+](=O)[O-])s1)c1ccccc1[Se][Se]c1ccccc1C(=O)Nc1ncc([N+](=O)[O-])s1. The number of amides is 2. The van der Waals surface area contributed by atoms with Crippen molar-refractivity contribution < 1.29 is 19.4 Å². The topological polar surface area (TPSA) is 170 Å². The van der Waals surface area contributed by atoms with Gasteiger partial charge in [-0.2, -0.15) is 0 Å². The minimum absolute atomic E-state index is 0.129. The second kappa shape index (κ2) is 11.5. The molecule has 0 saturated heterocycles. The summed E-state index contributed by atoms with van der Waals surface area (Å²) in [6.45, 7) is 0. The first-order valence-corrected chi connectivity index (χ1v) is 17.4. The molecule has 2 aromatic heterocycles. The van der Waals surface area contributed by atoms with Crippen molar-refractivity contribution in [2.45, 2.75) is 0 Å². The number of benzene rings is 2. The van der Waals surface area contributed by atoms with E-state index in [-0.39, 0.29) is 46.5 Å². The van der Waals surface area contributed by atoms with Crippen LogP contribution < -0.4 is 19.6 Å². The molecule has 0 spiro atoms. The third-order valence-corrected chi connectivity index (χ3v) is 13.2. The number of thiazole rings is 2. The van der Waals surface area contributed by atoms with Gasteiger partial charge in [-0.25, -0.2) is 0 Å². The van der Waals surface area contributed by atoms with Crippen LogP contribution in [0.4, 0.5) is 20.3 Å². The van der Waals surface area contributed by atoms with Crippen LogP contribution in [0.3, 0.4) is 0 Å². The van der Waals surface area contributed by atoms with Gasteiger partial charge >= 0.3 is 222 Å². The van der Waals surface area contributed by atoms with Crippen molar-refractivity contribution >= 4 is 89.9 Å². The summed E-state index contributed by atoms with van der Waals surface area (Å²) in [4.78, 5) is 54.0. The summed E-state index contributed by atoms with van der Waals surface area (Å²) in [7, 11) is 0. The Labute approximate surface area is 221 Å². The Morgan fingerprint density at radius 1 is 0.722 bits per heavy atom. The maximum absolute atomic E-state index is 12.8. The molecule has 2 aromatic carbocycles. The summed E-state index contributed by atoms with van der Waals surface area (Å²) in [6, 6.07) is 14.1. The van der Waals surface area contributed by atoms with Gasteiger partial charge in [0.05, 0.1) is 0 Å². The molecule has 0 aliphatic heterocycles. The fourth-order valence-corrected chi connectivity index (χ4v) is 11.1. The second-order valence-electron chi connectivity index (χ2n) is 6.59. The number of aromatic nitrogens is 2. The zero-order valence-electron chi connectivity index (χ0n) is 17.6. The van der Waals surface area contributed by atoms with Crippen LogP contribution >= 0.6 is 22.7 Å². The molecule has 0 unspecified atom stereocenters. The predicted molar refractivity (Wildman–Crippen MR) is 137 cm³/mol. The molecule has 12 nitrogen and oxygen atoms in total. The molecule has 36 heavy (non-hydrogen) atoms. The molecule has 2 amide bonds. The molecule has 16 heteroatoms. The molecule has 0 aliphatic carbocycles. The molecular formula is C20H12N6O6S2Se2. The van der Waals surface area contributed by atoms with Gasteiger partial charge in [0.15, 0.2) is 0 Å². The number of anilines is 2. The Hall–Kier alpha value is -3.52. The number of nitrogens with zero attached hydrogens (tertiary/aromatic N) is 4. The van der Waals surface area contributed by atoms with Crippen molar-refractivity contribution in [3.8, 4) is 0 Å². The van der Waals surface area contributed by atoms with Crippen molar-refractivity contribution in [2.24, 2.45) is 0 Å². The number of hydrogen-bond donors (Lipinski definition) is 2. The van der Waals surface area contributed by atoms with E-state index in [0.717, 1.165) is 44.0 Å². The van der Waals surface area contributed by atoms with Gasteiger partial charge in [-0.05, 0) is 0 Å². The molecule has 0 aliphatic rings. The number of hydrogen-bond acceptors (Lipinski definition) is 10. The van der Waals surface area contributed by atoms with E-state index in [0.29, 0.717) is 11.1 Å². The molecule has 2 heterocycles. The van der Waals surface area contributed by atoms with Gasteiger partial charge in [0.2, 0.25) is 0 Å². The van der Waals surface area contributed by atoms with Gasteiger partial charge in [0, 0.05) is 0 Å². The average molecular weight is 654 g/mol. The van der Waals surface area contributed by atoms with Gasteiger partial charge < -0.3 is 0 Å². The van der Waals surface area contributed by atoms with Crippen molar-refractivity contribution in [1.29, 1.82) is 0 Å². The molecule has 4 aromatic rings. The molecular weight excluding hydrogens is 642 g/mol. The third-order valence-electron chi connectivity index (χ3n) is 4.27. The summed E-state index contributed by atoms with van der Waals surface area (Å²) in [5, 5.41) is 26.8. The van der Waals surface area contributed by atoms with E-state index in [1.54, 1.807) is 24.3 Å². The molecule has 182 valence electrons. The van der Waals surface area contributed by atoms with Gasteiger partial charge in [-0.1, -0.05) is 0 Å². The maximum atomic E-state index is 12.8. The van der Waals surface area contributed by atoms with Crippen LogP contribution in [0.2, 0.25) is 0 Å². The van der Waals surface area contributed by atoms with Crippen molar-refractivity contribution in [3.63, 3.8) is 0 Å². The summed E-state index contributed by atoms with van der Waals surface area (Å²) in [5.41, 5.74) is 0.850.